The van der Waals surface area contributed by atoms with E-state index in [0.717, 1.165) is 61.0 Å². The van der Waals surface area contributed by atoms with Gasteiger partial charge >= 0.3 is 0 Å². The van der Waals surface area contributed by atoms with Gasteiger partial charge < -0.3 is 9.73 Å². The number of aliphatic imine (C=N–C) groups is 2. The number of furan rings is 1. The number of nitrogens with one attached hydrogen (secondary N) is 1. The summed E-state index contributed by atoms with van der Waals surface area (Å²) < 4.78 is 11.6. The lowest BCUT2D eigenvalue weighted by Crippen LogP contribution is -2.33. The minimum atomic E-state index is -0.393. The summed E-state index contributed by atoms with van der Waals surface area (Å²) in [5.74, 6) is 1.46. The summed E-state index contributed by atoms with van der Waals surface area (Å²) in [5, 5.41) is 13.2. The van der Waals surface area contributed by atoms with Gasteiger partial charge in [0.15, 0.2) is 5.84 Å². The molecule has 11 aromatic rings. The fraction of sp³-hybridized carbons (Fsp3) is 0.0204. The second-order valence-electron chi connectivity index (χ2n) is 14.1. The van der Waals surface area contributed by atoms with Gasteiger partial charge in [-0.3, -0.25) is 0 Å². The van der Waals surface area contributed by atoms with Crippen LogP contribution in [0, 0.1) is 0 Å². The van der Waals surface area contributed by atoms with Crippen molar-refractivity contribution >= 4 is 107 Å². The van der Waals surface area contributed by atoms with E-state index in [0.29, 0.717) is 5.84 Å². The van der Waals surface area contributed by atoms with Gasteiger partial charge in [-0.25, -0.2) is 9.98 Å². The zero-order valence-corrected chi connectivity index (χ0v) is 30.9. The maximum atomic E-state index is 6.55. The molecule has 0 amide bonds. The summed E-state index contributed by atoms with van der Waals surface area (Å²) in [6, 6.07) is 58.4. The Morgan fingerprint density at radius 3 is 2.13 bits per heavy atom. The maximum absolute atomic E-state index is 6.55. The molecule has 0 fully saturated rings. The molecule has 1 aliphatic rings. The predicted octanol–water partition coefficient (Wildman–Crippen LogP) is 13.6. The number of thiophene rings is 2. The summed E-state index contributed by atoms with van der Waals surface area (Å²) in [6.45, 7) is 0. The largest absolute Gasteiger partial charge is 0.456 e. The van der Waals surface area contributed by atoms with E-state index in [1.54, 1.807) is 0 Å². The highest BCUT2D eigenvalue weighted by atomic mass is 32.1. The van der Waals surface area contributed by atoms with Crippen LogP contribution < -0.4 is 5.32 Å². The van der Waals surface area contributed by atoms with Crippen LogP contribution in [0.5, 0.6) is 0 Å². The number of nitrogens with zero attached hydrogens (tertiary/aromatic N) is 2. The van der Waals surface area contributed by atoms with E-state index < -0.39 is 6.17 Å². The second-order valence-corrected chi connectivity index (χ2v) is 16.3. The summed E-state index contributed by atoms with van der Waals surface area (Å²) in [4.78, 5) is 11.0. The normalized spacial score (nSPS) is 14.7. The Kier molecular flexibility index (Phi) is 6.70. The molecule has 1 unspecified atom stereocenters. The van der Waals surface area contributed by atoms with Crippen molar-refractivity contribution in [1.29, 1.82) is 0 Å². The zero-order valence-electron chi connectivity index (χ0n) is 29.3. The first-order valence-corrected chi connectivity index (χ1v) is 20.1. The third kappa shape index (κ3) is 4.82. The molecule has 6 heteroatoms. The minimum absolute atomic E-state index is 0.393. The van der Waals surface area contributed by atoms with E-state index in [1.807, 2.05) is 34.8 Å². The lowest BCUT2D eigenvalue weighted by Gasteiger charge is -2.25. The van der Waals surface area contributed by atoms with Crippen LogP contribution in [0.15, 0.2) is 178 Å². The molecule has 0 bridgehead atoms. The smallest absolute Gasteiger partial charge is 0.160 e. The van der Waals surface area contributed by atoms with Gasteiger partial charge in [0, 0.05) is 62.2 Å². The van der Waals surface area contributed by atoms with E-state index >= 15 is 0 Å². The average Bonchev–Trinajstić information content (AvgIpc) is 3.94. The average molecular weight is 740 g/mol. The highest BCUT2D eigenvalue weighted by molar-refractivity contribution is 7.26. The summed E-state index contributed by atoms with van der Waals surface area (Å²) in [6.07, 6.45) is -0.393. The van der Waals surface area contributed by atoms with Crippen LogP contribution in [0.2, 0.25) is 0 Å². The van der Waals surface area contributed by atoms with Gasteiger partial charge in [-0.2, -0.15) is 0 Å². The second kappa shape index (κ2) is 12.0. The van der Waals surface area contributed by atoms with Crippen molar-refractivity contribution in [2.75, 3.05) is 0 Å². The Balaban J connectivity index is 1.16. The van der Waals surface area contributed by atoms with E-state index in [9.17, 15) is 0 Å². The molecule has 12 rings (SSSR count). The Morgan fingerprint density at radius 2 is 1.22 bits per heavy atom. The van der Waals surface area contributed by atoms with Crippen LogP contribution in [0.3, 0.4) is 0 Å². The van der Waals surface area contributed by atoms with E-state index in [4.69, 9.17) is 14.4 Å². The molecule has 1 atom stereocenters. The van der Waals surface area contributed by atoms with Crippen molar-refractivity contribution in [3.8, 4) is 11.1 Å². The highest BCUT2D eigenvalue weighted by Crippen LogP contribution is 2.45. The summed E-state index contributed by atoms with van der Waals surface area (Å²) in [5.41, 5.74) is 6.95. The van der Waals surface area contributed by atoms with E-state index in [1.165, 1.54) is 45.7 Å². The van der Waals surface area contributed by atoms with E-state index in [-0.39, 0.29) is 0 Å². The number of fused-ring (bicyclic) bond motifs is 10. The first kappa shape index (κ1) is 30.8. The van der Waals surface area contributed by atoms with Gasteiger partial charge in [0.25, 0.3) is 0 Å². The zero-order chi connectivity index (χ0) is 36.0. The number of hydrogen-bond acceptors (Lipinski definition) is 6. The molecule has 258 valence electrons. The molecule has 0 saturated carbocycles. The van der Waals surface area contributed by atoms with Crippen LogP contribution in [0.4, 0.5) is 0 Å². The Bertz CT molecular complexity index is 3440. The lowest BCUT2D eigenvalue weighted by molar-refractivity contribution is 0.668. The fourth-order valence-corrected chi connectivity index (χ4v) is 10.6. The molecule has 0 aliphatic carbocycles. The topological polar surface area (TPSA) is 49.9 Å². The third-order valence-corrected chi connectivity index (χ3v) is 13.2. The van der Waals surface area contributed by atoms with Gasteiger partial charge in [0.1, 0.15) is 23.2 Å². The van der Waals surface area contributed by atoms with Crippen LogP contribution >= 0.6 is 22.7 Å². The molecule has 0 spiro atoms. The molecule has 0 radical (unpaired) electrons. The van der Waals surface area contributed by atoms with Crippen molar-refractivity contribution in [1.82, 2.24) is 5.32 Å². The monoisotopic (exact) mass is 739 g/mol. The standard InChI is InChI=1S/C49H29N3OS2/c1-2-11-29-26-30(21-20-28(29)10-1)47-50-48(31-22-25-42-37(27-31)32-12-4-7-17-40(32)54-42)52-49(51-47)46-34(23-24-39-45(46)35-13-3-6-16-38(35)53-39)33-15-9-19-43-44(33)36-14-5-8-18-41(36)55-43/h1-27,48H,(H,50,51,52). The van der Waals surface area contributed by atoms with Crippen LogP contribution in [0.25, 0.3) is 84.2 Å². The van der Waals surface area contributed by atoms with Gasteiger partial charge in [-0.1, -0.05) is 109 Å². The molecule has 1 N–H and O–H groups in total. The molecule has 55 heavy (non-hydrogen) atoms. The van der Waals surface area contributed by atoms with Crippen molar-refractivity contribution in [2.45, 2.75) is 6.17 Å². The molecular formula is C49H29N3OS2. The molecule has 4 nitrogen and oxygen atoms in total. The predicted molar refractivity (Wildman–Crippen MR) is 234 cm³/mol. The number of hydrogen-bond donors (Lipinski definition) is 1. The van der Waals surface area contributed by atoms with E-state index in [2.05, 4.69) is 157 Å². The SMILES string of the molecule is c1ccc2cc(C3=NC(c4c(-c5cccc6sc7ccccc7c56)ccc5oc6ccccc6c45)=NC(c4ccc5sc6ccccc6c5c4)N3)ccc2c1. The molecule has 4 heterocycles. The molecular weight excluding hydrogens is 711 g/mol. The molecule has 3 aromatic heterocycles. The quantitative estimate of drug-likeness (QED) is 0.195. The number of rotatable bonds is 4. The first-order chi connectivity index (χ1) is 27.2. The highest BCUT2D eigenvalue weighted by Gasteiger charge is 2.27. The number of para-hydroxylation sites is 1. The van der Waals surface area contributed by atoms with Gasteiger partial charge in [0.05, 0.1) is 0 Å². The van der Waals surface area contributed by atoms with Crippen molar-refractivity contribution in [3.05, 3.63) is 180 Å². The van der Waals surface area contributed by atoms with Gasteiger partial charge in [0.2, 0.25) is 0 Å². The lowest BCUT2D eigenvalue weighted by atomic mass is 9.91. The first-order valence-electron chi connectivity index (χ1n) is 18.4. The van der Waals surface area contributed by atoms with Crippen molar-refractivity contribution < 1.29 is 4.42 Å². The number of amidine groups is 2. The number of benzene rings is 8. The van der Waals surface area contributed by atoms with Gasteiger partial charge in [-0.05, 0) is 82.1 Å². The Morgan fingerprint density at radius 1 is 0.491 bits per heavy atom. The minimum Gasteiger partial charge on any atom is -0.456 e. The summed E-state index contributed by atoms with van der Waals surface area (Å²) in [7, 11) is 0. The summed E-state index contributed by atoms with van der Waals surface area (Å²) >= 11 is 3.66. The maximum Gasteiger partial charge on any atom is 0.160 e. The van der Waals surface area contributed by atoms with Crippen molar-refractivity contribution in [2.24, 2.45) is 9.98 Å². The Hall–Kier alpha value is -6.60. The van der Waals surface area contributed by atoms with Gasteiger partial charge in [-0.15, -0.1) is 22.7 Å². The molecule has 1 aliphatic heterocycles. The molecule has 8 aromatic carbocycles. The van der Waals surface area contributed by atoms with Crippen molar-refractivity contribution in [3.63, 3.8) is 0 Å². The Labute approximate surface area is 323 Å². The van der Waals surface area contributed by atoms with Crippen LogP contribution in [0.1, 0.15) is 22.9 Å². The fourth-order valence-electron chi connectivity index (χ4n) is 8.40. The third-order valence-electron chi connectivity index (χ3n) is 10.9. The van der Waals surface area contributed by atoms with Crippen LogP contribution in [-0.2, 0) is 0 Å². The van der Waals surface area contributed by atoms with Crippen LogP contribution in [-0.4, -0.2) is 11.7 Å². The molecule has 0 saturated heterocycles.